The van der Waals surface area contributed by atoms with Gasteiger partial charge in [0, 0.05) is 25.5 Å². The first-order chi connectivity index (χ1) is 16.1. The maximum absolute atomic E-state index is 13.3. The molecule has 0 saturated heterocycles. The maximum atomic E-state index is 13.3. The van der Waals surface area contributed by atoms with Gasteiger partial charge in [0.1, 0.15) is 5.82 Å². The zero-order valence-corrected chi connectivity index (χ0v) is 17.6. The zero-order chi connectivity index (χ0) is 23.2. The Hall–Kier alpha value is -4.74. The van der Waals surface area contributed by atoms with Crippen molar-refractivity contribution in [2.45, 2.75) is 0 Å². The fourth-order valence-electron chi connectivity index (χ4n) is 2.90. The lowest BCUT2D eigenvalue weighted by molar-refractivity contribution is 0.0958. The number of halogens is 1. The number of anilines is 4. The molecule has 11 nitrogen and oxygen atoms in total. The van der Waals surface area contributed by atoms with E-state index in [1.807, 2.05) is 6.07 Å². The van der Waals surface area contributed by atoms with E-state index in [1.165, 1.54) is 20.4 Å². The summed E-state index contributed by atoms with van der Waals surface area (Å²) >= 11 is 0. The average molecular weight is 447 g/mol. The third-order valence-corrected chi connectivity index (χ3v) is 4.38. The molecule has 4 aromatic heterocycles. The number of hydrogen-bond acceptors (Lipinski definition) is 10. The summed E-state index contributed by atoms with van der Waals surface area (Å²) in [6, 6.07) is 8.59. The minimum Gasteiger partial charge on any atom is -0.492 e. The van der Waals surface area contributed by atoms with Crippen molar-refractivity contribution in [3.05, 3.63) is 66.6 Å². The van der Waals surface area contributed by atoms with Gasteiger partial charge >= 0.3 is 0 Å². The summed E-state index contributed by atoms with van der Waals surface area (Å²) in [5, 5.41) is 16.7. The molecule has 0 aliphatic heterocycles. The third kappa shape index (κ3) is 4.79. The Kier molecular flexibility index (Phi) is 6.25. The van der Waals surface area contributed by atoms with Crippen LogP contribution in [0.2, 0.25) is 0 Å². The Bertz CT molecular complexity index is 1270. The van der Waals surface area contributed by atoms with Crippen molar-refractivity contribution < 1.29 is 13.9 Å². The quantitative estimate of drug-likeness (QED) is 0.387. The average Bonchev–Trinajstić information content (AvgIpc) is 2.85. The van der Waals surface area contributed by atoms with E-state index in [2.05, 4.69) is 46.1 Å². The van der Waals surface area contributed by atoms with Gasteiger partial charge in [-0.25, -0.2) is 24.3 Å². The van der Waals surface area contributed by atoms with Crippen LogP contribution in [0.4, 0.5) is 27.5 Å². The first kappa shape index (κ1) is 21.5. The number of aromatic nitrogens is 6. The van der Waals surface area contributed by atoms with Crippen molar-refractivity contribution in [1.82, 2.24) is 35.5 Å². The van der Waals surface area contributed by atoms with E-state index in [-0.39, 0.29) is 17.3 Å². The van der Waals surface area contributed by atoms with Gasteiger partial charge in [0.25, 0.3) is 5.91 Å². The number of hydrogen-bond donors (Lipinski definition) is 3. The molecule has 4 rings (SSSR count). The van der Waals surface area contributed by atoms with Crippen LogP contribution in [-0.2, 0) is 0 Å². The first-order valence-electron chi connectivity index (χ1n) is 9.65. The summed E-state index contributed by atoms with van der Waals surface area (Å²) in [5.41, 5.74) is 0.826. The van der Waals surface area contributed by atoms with Crippen LogP contribution in [0.25, 0.3) is 11.4 Å². The normalized spacial score (nSPS) is 10.4. The molecule has 166 valence electrons. The predicted octanol–water partition coefficient (Wildman–Crippen LogP) is 2.72. The van der Waals surface area contributed by atoms with Crippen LogP contribution >= 0.6 is 0 Å². The topological polar surface area (TPSA) is 140 Å². The van der Waals surface area contributed by atoms with Crippen molar-refractivity contribution >= 4 is 29.0 Å². The Morgan fingerprint density at radius 3 is 2.48 bits per heavy atom. The number of ether oxygens (including phenoxy) is 1. The van der Waals surface area contributed by atoms with E-state index in [9.17, 15) is 9.18 Å². The van der Waals surface area contributed by atoms with Crippen LogP contribution in [0.15, 0.2) is 55.1 Å². The minimum atomic E-state index is -0.559. The molecule has 0 radical (unpaired) electrons. The highest BCUT2D eigenvalue weighted by Crippen LogP contribution is 2.35. The van der Waals surface area contributed by atoms with Crippen LogP contribution in [0.1, 0.15) is 10.5 Å². The molecular formula is C21H18FN9O2. The van der Waals surface area contributed by atoms with E-state index in [0.717, 1.165) is 12.4 Å². The monoisotopic (exact) mass is 447 g/mol. The van der Waals surface area contributed by atoms with Crippen molar-refractivity contribution in [3.8, 4) is 17.1 Å². The largest absolute Gasteiger partial charge is 0.492 e. The van der Waals surface area contributed by atoms with E-state index >= 15 is 0 Å². The van der Waals surface area contributed by atoms with Gasteiger partial charge in [0.2, 0.25) is 0 Å². The van der Waals surface area contributed by atoms with E-state index in [1.54, 1.807) is 30.5 Å². The van der Waals surface area contributed by atoms with Crippen LogP contribution in [0, 0.1) is 5.82 Å². The zero-order valence-electron chi connectivity index (χ0n) is 17.6. The Morgan fingerprint density at radius 1 is 0.970 bits per heavy atom. The fraction of sp³-hybridized carbons (Fsp3) is 0.0952. The molecule has 0 spiro atoms. The molecule has 0 bridgehead atoms. The van der Waals surface area contributed by atoms with Crippen molar-refractivity contribution in [2.75, 3.05) is 24.8 Å². The van der Waals surface area contributed by atoms with Gasteiger partial charge < -0.3 is 20.7 Å². The second-order valence-electron chi connectivity index (χ2n) is 6.50. The van der Waals surface area contributed by atoms with E-state index in [0.29, 0.717) is 28.6 Å². The van der Waals surface area contributed by atoms with Gasteiger partial charge in [-0.2, -0.15) is 0 Å². The van der Waals surface area contributed by atoms with Crippen molar-refractivity contribution in [2.24, 2.45) is 0 Å². The van der Waals surface area contributed by atoms with Gasteiger partial charge in [-0.1, -0.05) is 6.07 Å². The standard InChI is InChI=1S/C21H18FN9O2/c1-23-21(32)17-14(9-16(30-31-17)29-15-5-3-4-7-24-15)28-20-18(33-2)13(6-8-25-20)19-26-10-12(22)11-27-19/h3-11H,1-2H3,(H,23,32)(H2,24,25,28,29,30). The van der Waals surface area contributed by atoms with Crippen LogP contribution in [0.3, 0.4) is 0 Å². The summed E-state index contributed by atoms with van der Waals surface area (Å²) in [7, 11) is 2.94. The molecule has 1 amide bonds. The van der Waals surface area contributed by atoms with Crippen LogP contribution < -0.4 is 20.7 Å². The summed E-state index contributed by atoms with van der Waals surface area (Å²) < 4.78 is 18.8. The summed E-state index contributed by atoms with van der Waals surface area (Å²) in [6.07, 6.45) is 5.25. The third-order valence-electron chi connectivity index (χ3n) is 4.38. The second-order valence-corrected chi connectivity index (χ2v) is 6.50. The molecule has 12 heteroatoms. The molecule has 4 heterocycles. The van der Waals surface area contributed by atoms with Crippen molar-refractivity contribution in [1.29, 1.82) is 0 Å². The molecule has 33 heavy (non-hydrogen) atoms. The maximum Gasteiger partial charge on any atom is 0.273 e. The molecule has 3 N–H and O–H groups in total. The van der Waals surface area contributed by atoms with Gasteiger partial charge in [-0.05, 0) is 18.2 Å². The summed E-state index contributed by atoms with van der Waals surface area (Å²) in [6.45, 7) is 0. The number of methoxy groups -OCH3 is 1. The Morgan fingerprint density at radius 2 is 1.79 bits per heavy atom. The van der Waals surface area contributed by atoms with Crippen LogP contribution in [-0.4, -0.2) is 50.2 Å². The number of carbonyl (C=O) groups excluding carboxylic acids is 1. The number of rotatable bonds is 7. The van der Waals surface area contributed by atoms with Gasteiger partial charge in [0.05, 0.1) is 30.8 Å². The fourth-order valence-corrected chi connectivity index (χ4v) is 2.90. The number of carbonyl (C=O) groups is 1. The smallest absolute Gasteiger partial charge is 0.273 e. The summed E-state index contributed by atoms with van der Waals surface area (Å²) in [5.74, 6) is 0.698. The second kappa shape index (κ2) is 9.60. The van der Waals surface area contributed by atoms with E-state index < -0.39 is 11.7 Å². The number of amides is 1. The molecule has 0 atom stereocenters. The Labute approximate surface area is 187 Å². The number of nitrogens with zero attached hydrogens (tertiary/aromatic N) is 6. The summed E-state index contributed by atoms with van der Waals surface area (Å²) in [4.78, 5) is 28.9. The molecule has 0 unspecified atom stereocenters. The molecule has 0 fully saturated rings. The van der Waals surface area contributed by atoms with Gasteiger partial charge in [0.15, 0.2) is 34.7 Å². The number of pyridine rings is 2. The number of nitrogens with one attached hydrogen (secondary N) is 3. The minimum absolute atomic E-state index is 0.0383. The molecule has 0 aliphatic carbocycles. The molecule has 0 saturated carbocycles. The lowest BCUT2D eigenvalue weighted by Gasteiger charge is -2.15. The Balaban J connectivity index is 1.74. The lowest BCUT2D eigenvalue weighted by Crippen LogP contribution is -2.21. The lowest BCUT2D eigenvalue weighted by atomic mass is 10.2. The van der Waals surface area contributed by atoms with Gasteiger partial charge in [-0.3, -0.25) is 4.79 Å². The van der Waals surface area contributed by atoms with Gasteiger partial charge in [-0.15, -0.1) is 10.2 Å². The molecular weight excluding hydrogens is 429 g/mol. The molecule has 0 aliphatic rings. The van der Waals surface area contributed by atoms with Crippen molar-refractivity contribution in [3.63, 3.8) is 0 Å². The highest BCUT2D eigenvalue weighted by atomic mass is 19.1. The predicted molar refractivity (Wildman–Crippen MR) is 118 cm³/mol. The first-order valence-corrected chi connectivity index (χ1v) is 9.65. The highest BCUT2D eigenvalue weighted by Gasteiger charge is 2.19. The SMILES string of the molecule is CNC(=O)c1nnc(Nc2ccccn2)cc1Nc1nccc(-c2ncc(F)cn2)c1OC. The van der Waals surface area contributed by atoms with Crippen LogP contribution in [0.5, 0.6) is 5.75 Å². The van der Waals surface area contributed by atoms with E-state index in [4.69, 9.17) is 4.74 Å². The highest BCUT2D eigenvalue weighted by molar-refractivity contribution is 5.98. The molecule has 4 aromatic rings. The molecule has 0 aromatic carbocycles.